The Morgan fingerprint density at radius 1 is 0.757 bits per heavy atom. The molecular weight excluding hydrogens is 497 g/mol. The third kappa shape index (κ3) is 12.5. The zero-order chi connectivity index (χ0) is 26.2. The van der Waals surface area contributed by atoms with Gasteiger partial charge in [-0.3, -0.25) is 9.35 Å². The van der Waals surface area contributed by atoms with Crippen LogP contribution >= 0.6 is 0 Å². The van der Waals surface area contributed by atoms with E-state index in [1.807, 2.05) is 0 Å². The van der Waals surface area contributed by atoms with Gasteiger partial charge < -0.3 is 10.4 Å². The maximum atomic E-state index is 12.6. The fraction of sp³-hybridized carbons (Fsp3) is 0.621. The van der Waals surface area contributed by atoms with E-state index in [1.165, 1.54) is 95.6 Å². The molecule has 3 N–H and O–H groups in total. The van der Waals surface area contributed by atoms with E-state index in [2.05, 4.69) is 12.2 Å². The van der Waals surface area contributed by atoms with E-state index in [4.69, 9.17) is 0 Å². The number of phenols is 1. The van der Waals surface area contributed by atoms with Gasteiger partial charge in [-0.2, -0.15) is 8.42 Å². The first-order valence-electron chi connectivity index (χ1n) is 13.9. The number of phenolic OH excluding ortho intramolecular Hbond substituents is 1. The van der Waals surface area contributed by atoms with Crippen LogP contribution in [0, 0.1) is 0 Å². The van der Waals surface area contributed by atoms with Crippen molar-refractivity contribution in [3.63, 3.8) is 0 Å². The van der Waals surface area contributed by atoms with E-state index >= 15 is 0 Å². The molecule has 0 aliphatic heterocycles. The van der Waals surface area contributed by atoms with Gasteiger partial charge in [0.2, 0.25) is 0 Å². The first-order valence-corrected chi connectivity index (χ1v) is 15.3. The summed E-state index contributed by atoms with van der Waals surface area (Å²) in [6, 6.07) is 7.28. The van der Waals surface area contributed by atoms with Crippen LogP contribution in [0.5, 0.6) is 5.75 Å². The van der Waals surface area contributed by atoms with Crippen molar-refractivity contribution in [1.29, 1.82) is 0 Å². The van der Waals surface area contributed by atoms with Gasteiger partial charge in [0, 0.05) is 17.3 Å². The van der Waals surface area contributed by atoms with Gasteiger partial charge in [-0.25, -0.2) is 0 Å². The predicted octanol–water partition coefficient (Wildman–Crippen LogP) is 7.13. The van der Waals surface area contributed by atoms with Gasteiger partial charge in [-0.1, -0.05) is 128 Å². The first-order chi connectivity index (χ1) is 17.4. The molecule has 6 nitrogen and oxygen atoms in total. The number of aromatic hydroxyl groups is 1. The summed E-state index contributed by atoms with van der Waals surface area (Å²) >= 11 is 0. The first kappa shape index (κ1) is 33.9. The molecule has 2 aromatic rings. The predicted molar refractivity (Wildman–Crippen MR) is 154 cm³/mol. The Balaban J connectivity index is 0.00000684. The molecule has 8 heteroatoms. The summed E-state index contributed by atoms with van der Waals surface area (Å²) in [4.78, 5) is 12.2. The second-order valence-corrected chi connectivity index (χ2v) is 11.2. The number of hydrogen-bond acceptors (Lipinski definition) is 4. The number of carbonyl (C=O) groups is 1. The number of carbonyl (C=O) groups excluding carboxylic acids is 1. The second-order valence-electron chi connectivity index (χ2n) is 9.85. The Morgan fingerprint density at radius 3 is 1.65 bits per heavy atom. The molecule has 2 aromatic carbocycles. The molecule has 0 bridgehead atoms. The molecule has 0 unspecified atom stereocenters. The minimum absolute atomic E-state index is 0. The zero-order valence-electron chi connectivity index (χ0n) is 21.9. The van der Waals surface area contributed by atoms with Crippen molar-refractivity contribution in [2.75, 3.05) is 6.54 Å². The van der Waals surface area contributed by atoms with Crippen LogP contribution in [0.2, 0.25) is 0 Å². The summed E-state index contributed by atoms with van der Waals surface area (Å²) in [7, 11) is -4.55. The van der Waals surface area contributed by atoms with Crippen molar-refractivity contribution in [3.8, 4) is 5.75 Å². The maximum absolute atomic E-state index is 12.6. The van der Waals surface area contributed by atoms with E-state index in [0.29, 0.717) is 6.54 Å². The number of fused-ring (bicyclic) bond motifs is 1. The number of hydrogen-bond donors (Lipinski definition) is 3. The standard InChI is InChI=1S/C29H45NO5S.Na.H/c1-2-3-4-5-6-7-8-9-10-11-12-13-14-15-16-19-22-30-29(32)26-23-27(36(33,34)35)24-20-17-18-21-25(24)28(26)31;;/h17-18,20-21,23,31H,2-16,19,22H2,1H3,(H,30,32)(H,33,34,35);;. The van der Waals surface area contributed by atoms with Crippen molar-refractivity contribution < 1.29 is 22.9 Å². The van der Waals surface area contributed by atoms with E-state index in [1.54, 1.807) is 12.1 Å². The van der Waals surface area contributed by atoms with Crippen LogP contribution in [0.3, 0.4) is 0 Å². The van der Waals surface area contributed by atoms with Crippen molar-refractivity contribution in [2.24, 2.45) is 0 Å². The van der Waals surface area contributed by atoms with E-state index in [-0.39, 0.29) is 56.5 Å². The molecular formula is C29H46NNaO5S. The van der Waals surface area contributed by atoms with Crippen LogP contribution in [0.4, 0.5) is 0 Å². The average Bonchev–Trinajstić information content (AvgIpc) is 2.85. The summed E-state index contributed by atoms with van der Waals surface area (Å²) < 4.78 is 33.2. The molecule has 0 fully saturated rings. The molecule has 0 aliphatic rings. The summed E-state index contributed by atoms with van der Waals surface area (Å²) in [5.74, 6) is -0.841. The van der Waals surface area contributed by atoms with Crippen LogP contribution < -0.4 is 5.32 Å². The number of nitrogens with one attached hydrogen (secondary N) is 1. The third-order valence-electron chi connectivity index (χ3n) is 6.82. The normalized spacial score (nSPS) is 11.4. The van der Waals surface area contributed by atoms with Crippen molar-refractivity contribution in [3.05, 3.63) is 35.9 Å². The fourth-order valence-electron chi connectivity index (χ4n) is 4.68. The number of amides is 1. The summed E-state index contributed by atoms with van der Waals surface area (Å²) in [6.45, 7) is 2.71. The third-order valence-corrected chi connectivity index (χ3v) is 7.71. The number of benzene rings is 2. The molecule has 0 aliphatic carbocycles. The molecule has 0 heterocycles. The van der Waals surface area contributed by atoms with Gasteiger partial charge in [-0.05, 0) is 12.5 Å². The van der Waals surface area contributed by atoms with Gasteiger partial charge in [0.25, 0.3) is 16.0 Å². The Bertz CT molecular complexity index is 1040. The fourth-order valence-corrected chi connectivity index (χ4v) is 5.41. The SMILES string of the molecule is CCCCCCCCCCCCCCCCCCNC(=O)c1cc(S(=O)(=O)O)c2ccccc2c1O.[NaH]. The van der Waals surface area contributed by atoms with E-state index < -0.39 is 16.0 Å². The molecule has 0 atom stereocenters. The molecule has 0 spiro atoms. The summed E-state index contributed by atoms with van der Waals surface area (Å²) in [5.41, 5.74) is -0.155. The second kappa shape index (κ2) is 19.0. The quantitative estimate of drug-likeness (QED) is 0.0993. The average molecular weight is 544 g/mol. The van der Waals surface area contributed by atoms with Gasteiger partial charge in [0.05, 0.1) is 5.56 Å². The number of rotatable bonds is 19. The van der Waals surface area contributed by atoms with Gasteiger partial charge >= 0.3 is 29.6 Å². The van der Waals surface area contributed by atoms with Crippen LogP contribution in [-0.2, 0) is 10.1 Å². The van der Waals surface area contributed by atoms with Crippen LogP contribution in [0.15, 0.2) is 35.2 Å². The molecule has 0 radical (unpaired) electrons. The molecule has 0 aromatic heterocycles. The minimum atomic E-state index is -4.55. The molecule has 1 amide bonds. The van der Waals surface area contributed by atoms with Crippen molar-refractivity contribution in [2.45, 2.75) is 115 Å². The van der Waals surface area contributed by atoms with E-state index in [0.717, 1.165) is 25.3 Å². The molecule has 0 saturated carbocycles. The monoisotopic (exact) mass is 543 g/mol. The summed E-state index contributed by atoms with van der Waals surface area (Å²) in [6.07, 6.45) is 20.4. The Hall–Kier alpha value is -1.12. The van der Waals surface area contributed by atoms with E-state index in [9.17, 15) is 22.9 Å². The Labute approximate surface area is 246 Å². The molecule has 2 rings (SSSR count). The van der Waals surface area contributed by atoms with Crippen LogP contribution in [0.1, 0.15) is 120 Å². The van der Waals surface area contributed by atoms with Gasteiger partial charge in [0.15, 0.2) is 0 Å². The molecule has 0 saturated heterocycles. The summed E-state index contributed by atoms with van der Waals surface area (Å²) in [5, 5.41) is 13.7. The Morgan fingerprint density at radius 2 is 1.19 bits per heavy atom. The van der Waals surface area contributed by atoms with Crippen molar-refractivity contribution in [1.82, 2.24) is 5.32 Å². The molecule has 204 valence electrons. The Kier molecular flexibility index (Phi) is 17.4. The number of unbranched alkanes of at least 4 members (excludes halogenated alkanes) is 15. The van der Waals surface area contributed by atoms with Crippen LogP contribution in [0.25, 0.3) is 10.8 Å². The van der Waals surface area contributed by atoms with Crippen LogP contribution in [-0.4, -0.2) is 60.1 Å². The van der Waals surface area contributed by atoms with Gasteiger partial charge in [-0.15, -0.1) is 0 Å². The topological polar surface area (TPSA) is 104 Å². The van der Waals surface area contributed by atoms with Gasteiger partial charge in [0.1, 0.15) is 10.6 Å². The van der Waals surface area contributed by atoms with Crippen molar-refractivity contribution >= 4 is 56.4 Å². The zero-order valence-corrected chi connectivity index (χ0v) is 22.8. The molecule has 37 heavy (non-hydrogen) atoms.